The molecular weight excluding hydrogens is 1350 g/mol. The second kappa shape index (κ2) is 30.4. The fourth-order valence-corrected chi connectivity index (χ4v) is 16.7. The maximum atomic E-state index is 11.7. The standard InChI is InChI=1S/C18H16N2O4S.C13H15NO3S.C12H14N2O5S.C11H11N3O4S.C9H13NO3S/c21-25(22)20-15(11-12-23-25)18-19-16(13-7-3-1-4-8-13)17(24-18)14-9-5-2-6-10-14;1-9-8-13(14-18(15,16)17-9)12-7-6-10-4-2-3-5-11(10)12;15-12-14(6-8-18-12)10-3-1-9(2-4-10)11-5-7-19-20(16,17)13-11;15-19(16)14-10(5-6-18-19)8-1-3-9(4-2-8)11-13-12-7-17-11;1-7-6-9(8-4-2-3-5-8)10-14(11,12)13-7/h1-10,15,20H,11-12H2;2-5,7,9,13-14H,6,8H2,1H3;1-4,11,13H,5-8H2;1-4,7,10,14H,5-6H2;2,4-5,7,9-10H,3,6H2,1H3/t;9-,13?;;;7-,9?/m.0..0/s1. The Balaban J connectivity index is 0.000000123. The number of amides is 1. The number of benzene rings is 5. The fraction of sp³-hybridized carbons (Fsp3) is 0.333. The zero-order valence-corrected chi connectivity index (χ0v) is 55.8. The summed E-state index contributed by atoms with van der Waals surface area (Å²) in [6.07, 6.45) is 13.2. The average molecular weight is 1420 g/mol. The number of aromatic nitrogens is 3. The van der Waals surface area contributed by atoms with Crippen molar-refractivity contribution < 1.29 is 81.4 Å². The van der Waals surface area contributed by atoms with Crippen molar-refractivity contribution in [2.24, 2.45) is 0 Å². The molecule has 510 valence electrons. The smallest absolute Gasteiger partial charge is 0.414 e. The summed E-state index contributed by atoms with van der Waals surface area (Å²) in [4.78, 5) is 17.6. The highest BCUT2D eigenvalue weighted by Gasteiger charge is 2.36. The monoisotopic (exact) mass is 1420 g/mol. The fourth-order valence-electron chi connectivity index (χ4n) is 11.5. The number of oxazole rings is 1. The third-order valence-corrected chi connectivity index (χ3v) is 21.3. The van der Waals surface area contributed by atoms with Gasteiger partial charge in [-0.25, -0.2) is 9.78 Å². The lowest BCUT2D eigenvalue weighted by atomic mass is 9.96. The molecule has 15 rings (SSSR count). The van der Waals surface area contributed by atoms with E-state index in [0.717, 1.165) is 63.1 Å². The number of nitrogens with zero attached hydrogens (tertiary/aromatic N) is 4. The van der Waals surface area contributed by atoms with Crippen LogP contribution in [0.1, 0.15) is 98.6 Å². The van der Waals surface area contributed by atoms with Gasteiger partial charge in [-0.3, -0.25) is 25.8 Å². The first-order chi connectivity index (χ1) is 45.9. The maximum Gasteiger partial charge on any atom is 0.414 e. The minimum absolute atomic E-state index is 0.101. The van der Waals surface area contributed by atoms with Gasteiger partial charge in [0.2, 0.25) is 18.2 Å². The number of carbonyl (C=O) groups is 1. The molecule has 7 aromatic rings. The molecule has 1 amide bonds. The Labute approximate surface area is 556 Å². The summed E-state index contributed by atoms with van der Waals surface area (Å²) in [6.45, 7) is 4.93. The average Bonchev–Trinajstić information content (AvgIpc) is 1.62. The highest BCUT2D eigenvalue weighted by molar-refractivity contribution is 7.85. The van der Waals surface area contributed by atoms with Crippen LogP contribution in [0.3, 0.4) is 0 Å². The molecule has 2 aliphatic carbocycles. The summed E-state index contributed by atoms with van der Waals surface area (Å²) in [5, 5.41) is 7.41. The summed E-state index contributed by atoms with van der Waals surface area (Å²) in [5.74, 6) is 1.39. The highest BCUT2D eigenvalue weighted by Crippen LogP contribution is 2.37. The van der Waals surface area contributed by atoms with Crippen LogP contribution in [0.2, 0.25) is 0 Å². The topological polar surface area (TPSA) is 371 Å². The largest absolute Gasteiger partial charge is 0.447 e. The van der Waals surface area contributed by atoms with Crippen molar-refractivity contribution in [1.82, 2.24) is 38.8 Å². The van der Waals surface area contributed by atoms with E-state index in [4.69, 9.17) is 26.1 Å². The highest BCUT2D eigenvalue weighted by atomic mass is 32.3. The van der Waals surface area contributed by atoms with E-state index in [1.54, 1.807) is 38.1 Å². The molecule has 33 heteroatoms. The molecule has 5 aromatic carbocycles. The number of hydrogen-bond acceptors (Lipinski definition) is 22. The van der Waals surface area contributed by atoms with Crippen LogP contribution in [-0.4, -0.2) is 121 Å². The van der Waals surface area contributed by atoms with Crippen molar-refractivity contribution in [3.63, 3.8) is 0 Å². The molecule has 5 N–H and O–H groups in total. The number of anilines is 1. The number of hydrogen-bond donors (Lipinski definition) is 5. The van der Waals surface area contributed by atoms with Gasteiger partial charge in [-0.1, -0.05) is 133 Å². The van der Waals surface area contributed by atoms with E-state index in [-0.39, 0.29) is 62.3 Å². The molecule has 0 bridgehead atoms. The van der Waals surface area contributed by atoms with Crippen LogP contribution >= 0.6 is 0 Å². The van der Waals surface area contributed by atoms with Crippen molar-refractivity contribution in [3.8, 4) is 34.0 Å². The predicted octanol–water partition coefficient (Wildman–Crippen LogP) is 7.80. The van der Waals surface area contributed by atoms with Crippen molar-refractivity contribution in [3.05, 3.63) is 198 Å². The van der Waals surface area contributed by atoms with Gasteiger partial charge in [-0.15, -0.1) is 10.2 Å². The predicted molar refractivity (Wildman–Crippen MR) is 350 cm³/mol. The summed E-state index contributed by atoms with van der Waals surface area (Å²) >= 11 is 0. The number of ether oxygens (including phenoxy) is 1. The van der Waals surface area contributed by atoms with Crippen LogP contribution in [0.25, 0.3) is 39.6 Å². The Bertz CT molecular complexity index is 4490. The van der Waals surface area contributed by atoms with Gasteiger partial charge < -0.3 is 13.6 Å². The first-order valence-corrected chi connectivity index (χ1v) is 37.6. The van der Waals surface area contributed by atoms with E-state index in [1.807, 2.05) is 121 Å². The Hall–Kier alpha value is -7.71. The van der Waals surface area contributed by atoms with Crippen molar-refractivity contribution in [2.75, 3.05) is 37.9 Å². The van der Waals surface area contributed by atoms with E-state index in [0.29, 0.717) is 68.5 Å². The third kappa shape index (κ3) is 18.5. The van der Waals surface area contributed by atoms with Gasteiger partial charge >= 0.3 is 57.6 Å². The summed E-state index contributed by atoms with van der Waals surface area (Å²) < 4.78 is 166. The first kappa shape index (κ1) is 69.6. The molecule has 6 saturated heterocycles. The minimum Gasteiger partial charge on any atom is -0.447 e. The minimum atomic E-state index is -3.76. The van der Waals surface area contributed by atoms with E-state index in [1.165, 1.54) is 16.9 Å². The lowest BCUT2D eigenvalue weighted by Crippen LogP contribution is -2.45. The van der Waals surface area contributed by atoms with Crippen LogP contribution in [-0.2, 0) is 83.6 Å². The number of carbonyl (C=O) groups excluding carboxylic acids is 1. The molecule has 2 aromatic heterocycles. The summed E-state index contributed by atoms with van der Waals surface area (Å²) in [6, 6.07) is 40.5. The summed E-state index contributed by atoms with van der Waals surface area (Å²) in [5.41, 5.74) is 10.2. The molecule has 6 aliphatic heterocycles. The van der Waals surface area contributed by atoms with Crippen LogP contribution in [0.15, 0.2) is 179 Å². The van der Waals surface area contributed by atoms with E-state index < -0.39 is 57.6 Å². The molecule has 0 saturated carbocycles. The first-order valence-electron chi connectivity index (χ1n) is 30.5. The van der Waals surface area contributed by atoms with Crippen LogP contribution in [0.5, 0.6) is 0 Å². The number of nitrogens with one attached hydrogen (secondary N) is 5. The number of rotatable bonds is 9. The molecule has 96 heavy (non-hydrogen) atoms. The molecule has 7 atom stereocenters. The van der Waals surface area contributed by atoms with Gasteiger partial charge in [0.1, 0.15) is 18.3 Å². The van der Waals surface area contributed by atoms with Gasteiger partial charge in [-0.2, -0.15) is 65.7 Å². The van der Waals surface area contributed by atoms with Crippen LogP contribution in [0.4, 0.5) is 10.5 Å². The lowest BCUT2D eigenvalue weighted by Gasteiger charge is -2.29. The maximum absolute atomic E-state index is 11.7. The molecular formula is C63H69N9O19S5. The lowest BCUT2D eigenvalue weighted by molar-refractivity contribution is 0.180. The molecule has 5 unspecified atom stereocenters. The van der Waals surface area contributed by atoms with Gasteiger partial charge in [0.05, 0.1) is 62.7 Å². The Morgan fingerprint density at radius 2 is 1.06 bits per heavy atom. The van der Waals surface area contributed by atoms with Gasteiger partial charge in [0.25, 0.3) is 0 Å². The Morgan fingerprint density at radius 3 is 1.60 bits per heavy atom. The number of cyclic esters (lactones) is 1. The van der Waals surface area contributed by atoms with Crippen LogP contribution < -0.4 is 28.5 Å². The van der Waals surface area contributed by atoms with Gasteiger partial charge in [0.15, 0.2) is 5.76 Å². The van der Waals surface area contributed by atoms with Gasteiger partial charge in [0, 0.05) is 22.4 Å². The zero-order valence-electron chi connectivity index (χ0n) is 51.7. The molecule has 0 spiro atoms. The van der Waals surface area contributed by atoms with E-state index in [2.05, 4.69) is 59.3 Å². The Kier molecular flexibility index (Phi) is 22.0. The van der Waals surface area contributed by atoms with E-state index in [9.17, 15) is 46.9 Å². The molecule has 8 heterocycles. The SMILES string of the molecule is C[C@H]1CC(C2=CCC=C2)NS(=O)(=O)O1.C[C@H]1CC(C2=CCc3ccccc32)NS(=O)(=O)O1.O=C1OCCN1c1ccc(C2CCOS(=O)(=O)N2)cc1.O=S1(=O)NC(c2ccc(-c3nnco3)cc2)CCO1.O=S1(=O)NC(c2nc(-c3ccccc3)c(-c3ccccc3)o2)CCO1. The normalized spacial score (nSPS) is 25.6. The zero-order chi connectivity index (χ0) is 67.7. The molecule has 6 fully saturated rings. The third-order valence-electron chi connectivity index (χ3n) is 15.8. The second-order valence-electron chi connectivity index (χ2n) is 22.8. The van der Waals surface area contributed by atoms with E-state index >= 15 is 0 Å². The number of fused-ring (bicyclic) bond motifs is 1. The van der Waals surface area contributed by atoms with Gasteiger partial charge in [-0.05, 0) is 116 Å². The van der Waals surface area contributed by atoms with Crippen molar-refractivity contribution >= 4 is 68.9 Å². The molecule has 0 radical (unpaired) electrons. The van der Waals surface area contributed by atoms with Crippen molar-refractivity contribution in [1.29, 1.82) is 0 Å². The molecule has 8 aliphatic rings. The Morgan fingerprint density at radius 1 is 0.531 bits per heavy atom. The molecule has 28 nitrogen and oxygen atoms in total. The summed E-state index contributed by atoms with van der Waals surface area (Å²) in [7, 11) is -18.2. The number of allylic oxidation sites excluding steroid dienone is 3. The van der Waals surface area contributed by atoms with Crippen molar-refractivity contribution in [2.45, 2.75) is 101 Å². The quantitative estimate of drug-likeness (QED) is 0.0919. The second-order valence-corrected chi connectivity index (χ2v) is 29.6. The van der Waals surface area contributed by atoms with Crippen LogP contribution in [0, 0.1) is 0 Å².